The van der Waals surface area contributed by atoms with Gasteiger partial charge in [-0.25, -0.2) is 9.18 Å². The molecule has 0 bridgehead atoms. The summed E-state index contributed by atoms with van der Waals surface area (Å²) in [6, 6.07) is 1.16. The summed E-state index contributed by atoms with van der Waals surface area (Å²) in [5.74, 6) is -3.72. The van der Waals surface area contributed by atoms with Gasteiger partial charge < -0.3 is 14.4 Å². The SMILES string of the molecule is C=C1CC(C)CC(CC)(COc2cc(F)c(C(=O)N3C[C@@H](C(F)(F)F)C[C@H]3C(=O)OC)cc2C2CC2)C1. The lowest BCUT2D eigenvalue weighted by atomic mass is 9.67. The Bertz CT molecular complexity index is 1070. The Morgan fingerprint density at radius 3 is 2.51 bits per heavy atom. The number of halogens is 4. The van der Waals surface area contributed by atoms with Crippen molar-refractivity contribution in [1.29, 1.82) is 0 Å². The normalized spacial score (nSPS) is 28.4. The second-order valence-corrected chi connectivity index (χ2v) is 11.2. The summed E-state index contributed by atoms with van der Waals surface area (Å²) in [6.07, 6.45) is 0.203. The van der Waals surface area contributed by atoms with Gasteiger partial charge in [0.05, 0.1) is 25.2 Å². The summed E-state index contributed by atoms with van der Waals surface area (Å²) in [4.78, 5) is 26.3. The topological polar surface area (TPSA) is 55.8 Å². The van der Waals surface area contributed by atoms with Crippen molar-refractivity contribution in [2.75, 3.05) is 20.3 Å². The molecule has 1 amide bonds. The maximum Gasteiger partial charge on any atom is 0.393 e. The summed E-state index contributed by atoms with van der Waals surface area (Å²) in [7, 11) is 1.05. The molecule has 1 aromatic rings. The van der Waals surface area contributed by atoms with Crippen LogP contribution in [0.15, 0.2) is 24.3 Å². The molecule has 5 nitrogen and oxygen atoms in total. The van der Waals surface area contributed by atoms with Gasteiger partial charge >= 0.3 is 12.1 Å². The fourth-order valence-corrected chi connectivity index (χ4v) is 6.08. The number of amides is 1. The van der Waals surface area contributed by atoms with Crippen molar-refractivity contribution in [2.45, 2.75) is 76.9 Å². The Morgan fingerprint density at radius 2 is 1.95 bits per heavy atom. The molecule has 1 heterocycles. The van der Waals surface area contributed by atoms with Crippen LogP contribution in [0.5, 0.6) is 5.75 Å². The van der Waals surface area contributed by atoms with Gasteiger partial charge in [0.15, 0.2) is 0 Å². The summed E-state index contributed by atoms with van der Waals surface area (Å²) in [6.45, 7) is 8.16. The van der Waals surface area contributed by atoms with E-state index in [0.29, 0.717) is 23.8 Å². The zero-order valence-electron chi connectivity index (χ0n) is 21.6. The van der Waals surface area contributed by atoms with Crippen LogP contribution in [0.3, 0.4) is 0 Å². The molecule has 2 unspecified atom stereocenters. The van der Waals surface area contributed by atoms with Gasteiger partial charge in [-0.1, -0.05) is 26.0 Å². The van der Waals surface area contributed by atoms with Gasteiger partial charge in [-0.15, -0.1) is 0 Å². The van der Waals surface area contributed by atoms with E-state index in [9.17, 15) is 22.8 Å². The molecule has 1 aliphatic heterocycles. The third-order valence-electron chi connectivity index (χ3n) is 8.17. The number of carbonyl (C=O) groups is 2. The van der Waals surface area contributed by atoms with E-state index in [1.165, 1.54) is 17.7 Å². The average Bonchev–Trinajstić information content (AvgIpc) is 3.57. The number of benzene rings is 1. The first-order valence-electron chi connectivity index (χ1n) is 13.0. The first kappa shape index (κ1) is 27.5. The van der Waals surface area contributed by atoms with E-state index in [4.69, 9.17) is 4.74 Å². The van der Waals surface area contributed by atoms with Gasteiger partial charge in [0.2, 0.25) is 0 Å². The molecule has 3 aliphatic rings. The Labute approximate surface area is 215 Å². The third kappa shape index (κ3) is 5.80. The fraction of sp³-hybridized carbons (Fsp3) is 0.643. The standard InChI is InChI=1S/C28H35F4NO4/c1-5-27(12-16(2)8-17(3)13-27)15-37-24-11-22(29)21(10-20(24)18-6-7-18)25(34)33-14-19(28(30,31)32)9-23(33)26(35)36-4/h10-11,17-19,23H,2,5-9,12-15H2,1,3-4H3/t17?,19-,23-,27?/m0/s1. The highest BCUT2D eigenvalue weighted by Crippen LogP contribution is 2.48. The van der Waals surface area contributed by atoms with Crippen LogP contribution in [0.1, 0.15) is 80.6 Å². The summed E-state index contributed by atoms with van der Waals surface area (Å²) >= 11 is 0. The third-order valence-corrected chi connectivity index (χ3v) is 8.17. The predicted octanol–water partition coefficient (Wildman–Crippen LogP) is 6.42. The number of esters is 1. The lowest BCUT2D eigenvalue weighted by molar-refractivity contribution is -0.170. The van der Waals surface area contributed by atoms with E-state index in [2.05, 4.69) is 25.2 Å². The number of allylic oxidation sites excluding steroid dienone is 1. The van der Waals surface area contributed by atoms with Crippen LogP contribution in [0.4, 0.5) is 17.6 Å². The Morgan fingerprint density at radius 1 is 1.24 bits per heavy atom. The zero-order chi connectivity index (χ0) is 27.1. The number of ether oxygens (including phenoxy) is 2. The molecule has 204 valence electrons. The van der Waals surface area contributed by atoms with E-state index in [0.717, 1.165) is 50.5 Å². The lowest BCUT2D eigenvalue weighted by Gasteiger charge is -2.40. The molecule has 0 aromatic heterocycles. The Balaban J connectivity index is 1.60. The minimum absolute atomic E-state index is 0.0953. The van der Waals surface area contributed by atoms with Crippen LogP contribution >= 0.6 is 0 Å². The van der Waals surface area contributed by atoms with Crippen molar-refractivity contribution in [3.63, 3.8) is 0 Å². The summed E-state index contributed by atoms with van der Waals surface area (Å²) in [5, 5.41) is 0. The number of likely N-dealkylation sites (tertiary alicyclic amines) is 1. The zero-order valence-corrected chi connectivity index (χ0v) is 21.6. The van der Waals surface area contributed by atoms with E-state index < -0.39 is 48.8 Å². The van der Waals surface area contributed by atoms with Gasteiger partial charge in [0, 0.05) is 18.0 Å². The highest BCUT2D eigenvalue weighted by molar-refractivity contribution is 5.98. The Hall–Kier alpha value is -2.58. The summed E-state index contributed by atoms with van der Waals surface area (Å²) in [5.41, 5.74) is 1.41. The minimum Gasteiger partial charge on any atom is -0.493 e. The van der Waals surface area contributed by atoms with E-state index >= 15 is 4.39 Å². The van der Waals surface area contributed by atoms with Gasteiger partial charge in [0.1, 0.15) is 17.6 Å². The van der Waals surface area contributed by atoms with Crippen LogP contribution in [0.25, 0.3) is 0 Å². The fourth-order valence-electron chi connectivity index (χ4n) is 6.08. The van der Waals surface area contributed by atoms with Gasteiger partial charge in [-0.05, 0) is 68.4 Å². The number of hydrogen-bond donors (Lipinski definition) is 0. The molecular weight excluding hydrogens is 490 g/mol. The molecule has 4 rings (SSSR count). The number of nitrogens with zero attached hydrogens (tertiary/aromatic N) is 1. The maximum atomic E-state index is 15.3. The highest BCUT2D eigenvalue weighted by atomic mass is 19.4. The second kappa shape index (κ2) is 10.3. The van der Waals surface area contributed by atoms with Crippen molar-refractivity contribution >= 4 is 11.9 Å². The van der Waals surface area contributed by atoms with Crippen molar-refractivity contribution in [1.82, 2.24) is 4.90 Å². The molecule has 1 saturated heterocycles. The largest absolute Gasteiger partial charge is 0.493 e. The molecule has 2 saturated carbocycles. The maximum absolute atomic E-state index is 15.3. The minimum atomic E-state index is -4.59. The van der Waals surface area contributed by atoms with Gasteiger partial charge in [0.25, 0.3) is 5.91 Å². The van der Waals surface area contributed by atoms with Crippen molar-refractivity contribution in [3.8, 4) is 5.75 Å². The molecule has 0 spiro atoms. The number of alkyl halides is 3. The van der Waals surface area contributed by atoms with Crippen LogP contribution in [-0.2, 0) is 9.53 Å². The van der Waals surface area contributed by atoms with Crippen LogP contribution in [-0.4, -0.2) is 49.3 Å². The summed E-state index contributed by atoms with van der Waals surface area (Å²) < 4.78 is 66.4. The first-order chi connectivity index (χ1) is 17.4. The lowest BCUT2D eigenvalue weighted by Crippen LogP contribution is -2.41. The average molecular weight is 526 g/mol. The number of hydrogen-bond acceptors (Lipinski definition) is 4. The molecule has 4 atom stereocenters. The number of carbonyl (C=O) groups excluding carboxylic acids is 2. The molecule has 3 fully saturated rings. The number of rotatable bonds is 7. The van der Waals surface area contributed by atoms with Crippen LogP contribution < -0.4 is 4.74 Å². The van der Waals surface area contributed by atoms with Crippen molar-refractivity contribution in [3.05, 3.63) is 41.2 Å². The molecule has 0 radical (unpaired) electrons. The van der Waals surface area contributed by atoms with E-state index in [-0.39, 0.29) is 16.9 Å². The first-order valence-corrected chi connectivity index (χ1v) is 13.0. The van der Waals surface area contributed by atoms with Gasteiger partial charge in [-0.2, -0.15) is 13.2 Å². The molecular formula is C28H35F4NO4. The van der Waals surface area contributed by atoms with E-state index in [1.54, 1.807) is 0 Å². The van der Waals surface area contributed by atoms with Crippen molar-refractivity contribution in [2.24, 2.45) is 17.3 Å². The van der Waals surface area contributed by atoms with E-state index in [1.807, 2.05) is 0 Å². The quantitative estimate of drug-likeness (QED) is 0.234. The smallest absolute Gasteiger partial charge is 0.393 e. The molecule has 9 heteroatoms. The molecule has 37 heavy (non-hydrogen) atoms. The second-order valence-electron chi connectivity index (χ2n) is 11.2. The molecule has 0 N–H and O–H groups in total. The Kier molecular flexibility index (Phi) is 7.64. The predicted molar refractivity (Wildman–Crippen MR) is 130 cm³/mol. The van der Waals surface area contributed by atoms with Crippen LogP contribution in [0.2, 0.25) is 0 Å². The number of methoxy groups -OCH3 is 1. The van der Waals surface area contributed by atoms with Gasteiger partial charge in [-0.3, -0.25) is 4.79 Å². The molecule has 1 aromatic carbocycles. The van der Waals surface area contributed by atoms with Crippen molar-refractivity contribution < 1.29 is 36.6 Å². The molecule has 2 aliphatic carbocycles. The highest BCUT2D eigenvalue weighted by Gasteiger charge is 2.51. The van der Waals surface area contributed by atoms with Crippen LogP contribution in [0, 0.1) is 23.1 Å². The monoisotopic (exact) mass is 525 g/mol.